The number of amides is 1. The van der Waals surface area contributed by atoms with Crippen LogP contribution in [0.3, 0.4) is 0 Å². The van der Waals surface area contributed by atoms with Crippen LogP contribution < -0.4 is 10.2 Å². The van der Waals surface area contributed by atoms with Crippen LogP contribution in [-0.2, 0) is 11.0 Å². The molecule has 1 heterocycles. The zero-order valence-corrected chi connectivity index (χ0v) is 14.8. The fourth-order valence-electron chi connectivity index (χ4n) is 3.02. The summed E-state index contributed by atoms with van der Waals surface area (Å²) in [7, 11) is 0. The predicted octanol–water partition coefficient (Wildman–Crippen LogP) is 3.74. The minimum Gasteiger partial charge on any atom is -0.369 e. The van der Waals surface area contributed by atoms with Gasteiger partial charge < -0.3 is 10.2 Å². The third-order valence-electron chi connectivity index (χ3n) is 4.48. The monoisotopic (exact) mass is 399 g/mol. The molecule has 1 amide bonds. The molecule has 1 N–H and O–H groups in total. The maximum Gasteiger partial charge on any atom is 0.416 e. The molecular weight excluding hydrogens is 381 g/mol. The Morgan fingerprint density at radius 2 is 1.68 bits per heavy atom. The number of nitrogens with zero attached hydrogens (tertiary/aromatic N) is 2. The van der Waals surface area contributed by atoms with Crippen molar-refractivity contribution in [3.05, 3.63) is 59.7 Å². The summed E-state index contributed by atoms with van der Waals surface area (Å²) in [6.07, 6.45) is -4.39. The molecule has 150 valence electrons. The van der Waals surface area contributed by atoms with Gasteiger partial charge in [0.05, 0.1) is 12.1 Å². The van der Waals surface area contributed by atoms with E-state index >= 15 is 0 Å². The van der Waals surface area contributed by atoms with Gasteiger partial charge in [-0.2, -0.15) is 13.2 Å². The van der Waals surface area contributed by atoms with E-state index in [1.807, 2.05) is 9.80 Å². The third-order valence-corrected chi connectivity index (χ3v) is 4.48. The van der Waals surface area contributed by atoms with Crippen LogP contribution in [0.15, 0.2) is 42.5 Å². The number of carbonyl (C=O) groups excluding carboxylic acids is 1. The number of rotatable bonds is 4. The smallest absolute Gasteiger partial charge is 0.369 e. The Morgan fingerprint density at radius 3 is 2.32 bits per heavy atom. The topological polar surface area (TPSA) is 35.6 Å². The Hall–Kier alpha value is -2.68. The molecule has 2 aromatic carbocycles. The molecule has 0 atom stereocenters. The SMILES string of the molecule is O=C(CN1CCN(c2cccc(C(F)(F)F)c2)CC1)Nc1ccc(F)c(F)c1. The van der Waals surface area contributed by atoms with E-state index in [-0.39, 0.29) is 18.1 Å². The van der Waals surface area contributed by atoms with E-state index < -0.39 is 23.4 Å². The van der Waals surface area contributed by atoms with Gasteiger partial charge in [0.15, 0.2) is 11.6 Å². The van der Waals surface area contributed by atoms with Crippen LogP contribution in [0.5, 0.6) is 0 Å². The minimum absolute atomic E-state index is 0.0510. The quantitative estimate of drug-likeness (QED) is 0.796. The fourth-order valence-corrected chi connectivity index (χ4v) is 3.02. The van der Waals surface area contributed by atoms with Crippen LogP contribution in [-0.4, -0.2) is 43.5 Å². The first-order valence-electron chi connectivity index (χ1n) is 8.62. The van der Waals surface area contributed by atoms with Gasteiger partial charge >= 0.3 is 6.18 Å². The van der Waals surface area contributed by atoms with E-state index in [1.54, 1.807) is 6.07 Å². The van der Waals surface area contributed by atoms with E-state index in [2.05, 4.69) is 5.32 Å². The van der Waals surface area contributed by atoms with E-state index in [0.717, 1.165) is 24.3 Å². The molecule has 0 aromatic heterocycles. The molecule has 3 rings (SSSR count). The number of anilines is 2. The number of carbonyl (C=O) groups is 1. The first kappa shape index (κ1) is 20.1. The molecule has 0 aliphatic carbocycles. The maximum absolute atomic E-state index is 13.2. The number of benzene rings is 2. The van der Waals surface area contributed by atoms with Crippen molar-refractivity contribution in [2.45, 2.75) is 6.18 Å². The van der Waals surface area contributed by atoms with Gasteiger partial charge in [0, 0.05) is 43.6 Å². The van der Waals surface area contributed by atoms with Crippen molar-refractivity contribution in [2.75, 3.05) is 42.9 Å². The molecule has 1 saturated heterocycles. The zero-order valence-electron chi connectivity index (χ0n) is 14.8. The molecule has 0 bridgehead atoms. The molecular formula is C19H18F5N3O. The van der Waals surface area contributed by atoms with E-state index in [0.29, 0.717) is 31.9 Å². The normalized spacial score (nSPS) is 15.5. The first-order chi connectivity index (χ1) is 13.2. The van der Waals surface area contributed by atoms with Crippen LogP contribution in [0.1, 0.15) is 5.56 Å². The van der Waals surface area contributed by atoms with Crippen molar-refractivity contribution in [2.24, 2.45) is 0 Å². The Labute approximate surface area is 158 Å². The molecule has 0 spiro atoms. The summed E-state index contributed by atoms with van der Waals surface area (Å²) in [5.74, 6) is -2.42. The lowest BCUT2D eigenvalue weighted by Gasteiger charge is -2.36. The van der Waals surface area contributed by atoms with Gasteiger partial charge in [0.2, 0.25) is 5.91 Å². The second-order valence-electron chi connectivity index (χ2n) is 6.49. The Kier molecular flexibility index (Phi) is 5.83. The second-order valence-corrected chi connectivity index (χ2v) is 6.49. The van der Waals surface area contributed by atoms with Crippen molar-refractivity contribution in [1.82, 2.24) is 4.90 Å². The van der Waals surface area contributed by atoms with Gasteiger partial charge in [0.25, 0.3) is 0 Å². The first-order valence-corrected chi connectivity index (χ1v) is 8.62. The Morgan fingerprint density at radius 1 is 0.964 bits per heavy atom. The van der Waals surface area contributed by atoms with Crippen LogP contribution in [0.4, 0.5) is 33.3 Å². The molecule has 2 aromatic rings. The van der Waals surface area contributed by atoms with E-state index in [9.17, 15) is 26.7 Å². The van der Waals surface area contributed by atoms with Crippen molar-refractivity contribution < 1.29 is 26.7 Å². The fraction of sp³-hybridized carbons (Fsp3) is 0.316. The van der Waals surface area contributed by atoms with Crippen molar-refractivity contribution >= 4 is 17.3 Å². The highest BCUT2D eigenvalue weighted by molar-refractivity contribution is 5.92. The van der Waals surface area contributed by atoms with Gasteiger partial charge in [-0.1, -0.05) is 6.07 Å². The van der Waals surface area contributed by atoms with Gasteiger partial charge in [-0.05, 0) is 30.3 Å². The molecule has 0 unspecified atom stereocenters. The van der Waals surface area contributed by atoms with Crippen LogP contribution in [0.25, 0.3) is 0 Å². The minimum atomic E-state index is -4.39. The van der Waals surface area contributed by atoms with Gasteiger partial charge in [0.1, 0.15) is 0 Å². The summed E-state index contributed by atoms with van der Waals surface area (Å²) in [6, 6.07) is 8.24. The Balaban J connectivity index is 1.52. The van der Waals surface area contributed by atoms with Crippen molar-refractivity contribution in [1.29, 1.82) is 0 Å². The van der Waals surface area contributed by atoms with Gasteiger partial charge in [-0.15, -0.1) is 0 Å². The predicted molar refractivity (Wildman–Crippen MR) is 95.1 cm³/mol. The number of halogens is 5. The summed E-state index contributed by atoms with van der Waals surface area (Å²) in [5, 5.41) is 2.50. The van der Waals surface area contributed by atoms with Crippen LogP contribution in [0, 0.1) is 11.6 Å². The molecule has 9 heteroatoms. The number of piperazine rings is 1. The molecule has 28 heavy (non-hydrogen) atoms. The lowest BCUT2D eigenvalue weighted by molar-refractivity contribution is -0.137. The highest BCUT2D eigenvalue weighted by atomic mass is 19.4. The molecule has 1 fully saturated rings. The lowest BCUT2D eigenvalue weighted by Crippen LogP contribution is -2.48. The standard InChI is InChI=1S/C19H18F5N3O/c20-16-5-4-14(11-17(16)21)25-18(28)12-26-6-8-27(9-7-26)15-3-1-2-13(10-15)19(22,23)24/h1-5,10-11H,6-9,12H2,(H,25,28). The number of nitrogens with one attached hydrogen (secondary N) is 1. The van der Waals surface area contributed by atoms with E-state index in [1.165, 1.54) is 12.1 Å². The van der Waals surface area contributed by atoms with Crippen molar-refractivity contribution in [3.8, 4) is 0 Å². The third kappa shape index (κ3) is 4.98. The number of alkyl halides is 3. The van der Waals surface area contributed by atoms with Gasteiger partial charge in [-0.3, -0.25) is 9.69 Å². The maximum atomic E-state index is 13.2. The molecule has 4 nitrogen and oxygen atoms in total. The van der Waals surface area contributed by atoms with Crippen LogP contribution >= 0.6 is 0 Å². The summed E-state index contributed by atoms with van der Waals surface area (Å²) in [4.78, 5) is 15.8. The van der Waals surface area contributed by atoms with Crippen molar-refractivity contribution in [3.63, 3.8) is 0 Å². The average Bonchev–Trinajstić information content (AvgIpc) is 2.65. The summed E-state index contributed by atoms with van der Waals surface area (Å²) in [5.41, 5.74) is -0.0504. The summed E-state index contributed by atoms with van der Waals surface area (Å²) in [6.45, 7) is 1.97. The van der Waals surface area contributed by atoms with E-state index in [4.69, 9.17) is 0 Å². The number of hydrogen-bond donors (Lipinski definition) is 1. The van der Waals surface area contributed by atoms with Crippen LogP contribution in [0.2, 0.25) is 0 Å². The Bertz CT molecular complexity index is 848. The van der Waals surface area contributed by atoms with Gasteiger partial charge in [-0.25, -0.2) is 8.78 Å². The highest BCUT2D eigenvalue weighted by Crippen LogP contribution is 2.31. The zero-order chi connectivity index (χ0) is 20.3. The molecule has 1 aliphatic rings. The largest absolute Gasteiger partial charge is 0.416 e. The second kappa shape index (κ2) is 8.14. The molecule has 0 radical (unpaired) electrons. The number of hydrogen-bond acceptors (Lipinski definition) is 3. The highest BCUT2D eigenvalue weighted by Gasteiger charge is 2.31. The molecule has 1 aliphatic heterocycles. The average molecular weight is 399 g/mol. The summed E-state index contributed by atoms with van der Waals surface area (Å²) < 4.78 is 64.6. The lowest BCUT2D eigenvalue weighted by atomic mass is 10.1. The molecule has 0 saturated carbocycles. The summed E-state index contributed by atoms with van der Waals surface area (Å²) >= 11 is 0.